The molecular formula is C12H24O3. The van der Waals surface area contributed by atoms with Crippen LogP contribution in [0, 0.1) is 17.3 Å². The maximum Gasteiger partial charge on any atom is 0.157 e. The van der Waals surface area contributed by atoms with Gasteiger partial charge in [0.05, 0.1) is 0 Å². The zero-order valence-electron chi connectivity index (χ0n) is 10.7. The molecule has 0 aliphatic rings. The van der Waals surface area contributed by atoms with E-state index in [-0.39, 0.29) is 23.5 Å². The van der Waals surface area contributed by atoms with Crippen molar-refractivity contribution < 1.29 is 14.3 Å². The number of hydrogen-bond donors (Lipinski definition) is 0. The van der Waals surface area contributed by atoms with Crippen molar-refractivity contribution in [3.05, 3.63) is 0 Å². The Morgan fingerprint density at radius 1 is 1.07 bits per heavy atom. The van der Waals surface area contributed by atoms with E-state index in [0.717, 1.165) is 6.29 Å². The monoisotopic (exact) mass is 216 g/mol. The maximum atomic E-state index is 11.4. The van der Waals surface area contributed by atoms with Crippen LogP contribution in [-0.2, 0) is 14.3 Å². The van der Waals surface area contributed by atoms with Gasteiger partial charge in [-0.05, 0) is 11.8 Å². The molecule has 0 aliphatic carbocycles. The topological polar surface area (TPSA) is 35.5 Å². The minimum atomic E-state index is -0.364. The number of carbonyl (C=O) groups excluding carboxylic acids is 1. The third-order valence-electron chi connectivity index (χ3n) is 3.42. The minimum Gasteiger partial charge on any atom is -0.356 e. The molecule has 0 saturated heterocycles. The van der Waals surface area contributed by atoms with Crippen LogP contribution in [0.1, 0.15) is 34.1 Å². The SMILES string of the molecule is COC(CC(C=O)(C(C)C)C(C)C)OC. The number of ether oxygens (including phenoxy) is 2. The van der Waals surface area contributed by atoms with Crippen molar-refractivity contribution in [2.45, 2.75) is 40.4 Å². The van der Waals surface area contributed by atoms with Crippen LogP contribution in [0.4, 0.5) is 0 Å². The molecule has 0 rings (SSSR count). The summed E-state index contributed by atoms with van der Waals surface area (Å²) in [6.07, 6.45) is 1.37. The first kappa shape index (κ1) is 14.6. The minimum absolute atomic E-state index is 0.280. The smallest absolute Gasteiger partial charge is 0.157 e. The third-order valence-corrected chi connectivity index (χ3v) is 3.42. The highest BCUT2D eigenvalue weighted by Gasteiger charge is 2.39. The Bertz CT molecular complexity index is 175. The quantitative estimate of drug-likeness (QED) is 0.484. The molecule has 0 heterocycles. The first-order valence-electron chi connectivity index (χ1n) is 5.46. The van der Waals surface area contributed by atoms with Gasteiger partial charge in [-0.2, -0.15) is 0 Å². The summed E-state index contributed by atoms with van der Waals surface area (Å²) in [6, 6.07) is 0. The molecule has 15 heavy (non-hydrogen) atoms. The lowest BCUT2D eigenvalue weighted by molar-refractivity contribution is -0.149. The highest BCUT2D eigenvalue weighted by molar-refractivity contribution is 5.60. The molecule has 0 fully saturated rings. The van der Waals surface area contributed by atoms with Crippen molar-refractivity contribution in [2.75, 3.05) is 14.2 Å². The molecule has 0 spiro atoms. The lowest BCUT2D eigenvalue weighted by Gasteiger charge is -2.38. The number of methoxy groups -OCH3 is 2. The second-order valence-corrected chi connectivity index (χ2v) is 4.64. The summed E-state index contributed by atoms with van der Waals surface area (Å²) in [4.78, 5) is 11.4. The molecule has 0 amide bonds. The van der Waals surface area contributed by atoms with Crippen LogP contribution in [0.15, 0.2) is 0 Å². The number of hydrogen-bond acceptors (Lipinski definition) is 3. The molecule has 0 aromatic heterocycles. The lowest BCUT2D eigenvalue weighted by atomic mass is 9.68. The standard InChI is InChI=1S/C12H24O3/c1-9(2)12(8-13,10(3)4)7-11(14-5)15-6/h8-11H,7H2,1-6H3. The molecule has 90 valence electrons. The molecule has 0 radical (unpaired) electrons. The molecule has 0 unspecified atom stereocenters. The lowest BCUT2D eigenvalue weighted by Crippen LogP contribution is -2.39. The van der Waals surface area contributed by atoms with Gasteiger partial charge in [0.15, 0.2) is 6.29 Å². The maximum absolute atomic E-state index is 11.4. The van der Waals surface area contributed by atoms with E-state index < -0.39 is 0 Å². The van der Waals surface area contributed by atoms with Gasteiger partial charge in [0.25, 0.3) is 0 Å². The first-order valence-corrected chi connectivity index (χ1v) is 5.46. The predicted molar refractivity (Wildman–Crippen MR) is 60.6 cm³/mol. The van der Waals surface area contributed by atoms with E-state index in [1.807, 2.05) is 0 Å². The summed E-state index contributed by atoms with van der Waals surface area (Å²) in [6.45, 7) is 8.26. The van der Waals surface area contributed by atoms with Crippen LogP contribution in [0.2, 0.25) is 0 Å². The zero-order chi connectivity index (χ0) is 12.1. The molecule has 0 atom stereocenters. The van der Waals surface area contributed by atoms with Gasteiger partial charge in [-0.3, -0.25) is 0 Å². The van der Waals surface area contributed by atoms with E-state index in [1.165, 1.54) is 0 Å². The Kier molecular flexibility index (Phi) is 6.06. The summed E-state index contributed by atoms with van der Waals surface area (Å²) in [5.41, 5.74) is -0.364. The average Bonchev–Trinajstić information content (AvgIpc) is 2.19. The van der Waals surface area contributed by atoms with E-state index >= 15 is 0 Å². The van der Waals surface area contributed by atoms with Crippen molar-refractivity contribution in [1.82, 2.24) is 0 Å². The van der Waals surface area contributed by atoms with E-state index in [2.05, 4.69) is 27.7 Å². The van der Waals surface area contributed by atoms with Gasteiger partial charge in [-0.25, -0.2) is 0 Å². The summed E-state index contributed by atoms with van der Waals surface area (Å²) in [7, 11) is 3.20. The van der Waals surface area contributed by atoms with Gasteiger partial charge in [-0.1, -0.05) is 27.7 Å². The van der Waals surface area contributed by atoms with E-state index in [1.54, 1.807) is 14.2 Å². The summed E-state index contributed by atoms with van der Waals surface area (Å²) < 4.78 is 10.4. The first-order chi connectivity index (χ1) is 6.94. The highest BCUT2D eigenvalue weighted by Crippen LogP contribution is 2.38. The number of carbonyl (C=O) groups is 1. The second kappa shape index (κ2) is 6.23. The van der Waals surface area contributed by atoms with Crippen LogP contribution in [0.25, 0.3) is 0 Å². The fraction of sp³-hybridized carbons (Fsp3) is 0.917. The van der Waals surface area contributed by atoms with E-state index in [0.29, 0.717) is 6.42 Å². The van der Waals surface area contributed by atoms with Crippen LogP contribution >= 0.6 is 0 Å². The van der Waals surface area contributed by atoms with Crippen LogP contribution in [0.3, 0.4) is 0 Å². The summed E-state index contributed by atoms with van der Waals surface area (Å²) >= 11 is 0. The molecule has 0 aliphatic heterocycles. The molecule has 0 N–H and O–H groups in total. The Labute approximate surface area is 93.1 Å². The zero-order valence-corrected chi connectivity index (χ0v) is 10.7. The molecule has 0 bridgehead atoms. The van der Waals surface area contributed by atoms with Crippen LogP contribution in [0.5, 0.6) is 0 Å². The fourth-order valence-corrected chi connectivity index (χ4v) is 2.01. The molecule has 0 aromatic carbocycles. The molecule has 0 aromatic rings. The van der Waals surface area contributed by atoms with Gasteiger partial charge in [0.2, 0.25) is 0 Å². The van der Waals surface area contributed by atoms with Gasteiger partial charge in [-0.15, -0.1) is 0 Å². The fourth-order valence-electron chi connectivity index (χ4n) is 2.01. The normalized spacial score (nSPS) is 12.9. The van der Waals surface area contributed by atoms with Gasteiger partial charge < -0.3 is 14.3 Å². The van der Waals surface area contributed by atoms with E-state index in [9.17, 15) is 4.79 Å². The molecule has 3 heteroatoms. The highest BCUT2D eigenvalue weighted by atomic mass is 16.7. The Morgan fingerprint density at radius 2 is 1.47 bits per heavy atom. The number of aldehydes is 1. The second-order valence-electron chi connectivity index (χ2n) is 4.64. The van der Waals surface area contributed by atoms with Crippen molar-refractivity contribution >= 4 is 6.29 Å². The van der Waals surface area contributed by atoms with Crippen molar-refractivity contribution in [3.63, 3.8) is 0 Å². The molecule has 0 saturated carbocycles. The average molecular weight is 216 g/mol. The van der Waals surface area contributed by atoms with Gasteiger partial charge in [0, 0.05) is 26.1 Å². The van der Waals surface area contributed by atoms with Gasteiger partial charge >= 0.3 is 0 Å². The Hall–Kier alpha value is -0.410. The van der Waals surface area contributed by atoms with E-state index in [4.69, 9.17) is 9.47 Å². The Morgan fingerprint density at radius 3 is 1.67 bits per heavy atom. The number of rotatable bonds is 7. The van der Waals surface area contributed by atoms with Crippen LogP contribution in [-0.4, -0.2) is 26.8 Å². The van der Waals surface area contributed by atoms with Crippen molar-refractivity contribution in [3.8, 4) is 0 Å². The largest absolute Gasteiger partial charge is 0.356 e. The van der Waals surface area contributed by atoms with Gasteiger partial charge in [0.1, 0.15) is 6.29 Å². The summed E-state index contributed by atoms with van der Waals surface area (Å²) in [5.74, 6) is 0.561. The molecular weight excluding hydrogens is 192 g/mol. The predicted octanol–water partition coefficient (Wildman–Crippen LogP) is 2.49. The summed E-state index contributed by atoms with van der Waals surface area (Å²) in [5, 5.41) is 0. The molecule has 3 nitrogen and oxygen atoms in total. The third kappa shape index (κ3) is 3.28. The van der Waals surface area contributed by atoms with Crippen LogP contribution < -0.4 is 0 Å². The van der Waals surface area contributed by atoms with Crippen molar-refractivity contribution in [2.24, 2.45) is 17.3 Å². The Balaban J connectivity index is 4.84. The van der Waals surface area contributed by atoms with Crippen molar-refractivity contribution in [1.29, 1.82) is 0 Å².